The lowest BCUT2D eigenvalue weighted by Crippen LogP contribution is -2.33. The molecule has 1 amide bonds. The summed E-state index contributed by atoms with van der Waals surface area (Å²) in [6, 6.07) is 0. The molecule has 5 heteroatoms. The summed E-state index contributed by atoms with van der Waals surface area (Å²) < 4.78 is 5.29. The Morgan fingerprint density at radius 3 is 2.26 bits per heavy atom. The lowest BCUT2D eigenvalue weighted by Gasteiger charge is -2.10. The van der Waals surface area contributed by atoms with Crippen molar-refractivity contribution in [1.29, 1.82) is 0 Å². The van der Waals surface area contributed by atoms with Gasteiger partial charge in [0.2, 0.25) is 0 Å². The van der Waals surface area contributed by atoms with Gasteiger partial charge in [0.25, 0.3) is 0 Å². The van der Waals surface area contributed by atoms with Gasteiger partial charge in [0.1, 0.15) is 0 Å². The molecule has 19 heavy (non-hydrogen) atoms. The molecule has 0 aromatic rings. The highest BCUT2D eigenvalue weighted by Gasteiger charge is 2.05. The number of unbranched alkanes of at least 4 members (excludes halogenated alkanes) is 7. The Labute approximate surface area is 116 Å². The summed E-state index contributed by atoms with van der Waals surface area (Å²) in [4.78, 5) is 10.2. The molecule has 0 rings (SSSR count). The van der Waals surface area contributed by atoms with Crippen LogP contribution >= 0.6 is 0 Å². The minimum absolute atomic E-state index is 0.0206. The van der Waals surface area contributed by atoms with Crippen molar-refractivity contribution in [2.45, 2.75) is 64.4 Å². The van der Waals surface area contributed by atoms with Gasteiger partial charge >= 0.3 is 6.09 Å². The van der Waals surface area contributed by atoms with Gasteiger partial charge in [0.15, 0.2) is 0 Å². The number of nitrogens with one attached hydrogen (secondary N) is 1. The highest BCUT2D eigenvalue weighted by atomic mass is 16.5. The van der Waals surface area contributed by atoms with E-state index in [0.717, 1.165) is 12.8 Å². The lowest BCUT2D eigenvalue weighted by molar-refractivity contribution is 0.0356. The molecule has 5 nitrogen and oxygen atoms in total. The summed E-state index contributed by atoms with van der Waals surface area (Å²) in [6.45, 7) is 3.07. The van der Waals surface area contributed by atoms with Crippen LogP contribution in [0.15, 0.2) is 0 Å². The molecule has 0 aliphatic rings. The molecule has 0 aliphatic carbocycles. The van der Waals surface area contributed by atoms with Crippen molar-refractivity contribution >= 4 is 6.09 Å². The van der Waals surface area contributed by atoms with Gasteiger partial charge in [-0.25, -0.2) is 4.79 Å². The Bertz CT molecular complexity index is 212. The maximum Gasteiger partial charge on any atom is 0.404 e. The SMILES string of the molecule is CCCCCCCCCCOCC(O)CNC(=O)O. The van der Waals surface area contributed by atoms with E-state index in [9.17, 15) is 9.90 Å². The van der Waals surface area contributed by atoms with Crippen molar-refractivity contribution in [3.63, 3.8) is 0 Å². The zero-order valence-corrected chi connectivity index (χ0v) is 12.1. The summed E-state index contributed by atoms with van der Waals surface area (Å²) in [6.07, 6.45) is 8.12. The maximum atomic E-state index is 10.2. The third kappa shape index (κ3) is 15.1. The van der Waals surface area contributed by atoms with Crippen LogP contribution in [-0.2, 0) is 4.74 Å². The second kappa shape index (κ2) is 13.6. The van der Waals surface area contributed by atoms with Gasteiger partial charge in [0, 0.05) is 13.2 Å². The molecule has 0 aliphatic heterocycles. The van der Waals surface area contributed by atoms with Gasteiger partial charge < -0.3 is 20.3 Å². The van der Waals surface area contributed by atoms with E-state index >= 15 is 0 Å². The van der Waals surface area contributed by atoms with Gasteiger partial charge in [-0.05, 0) is 6.42 Å². The van der Waals surface area contributed by atoms with E-state index in [2.05, 4.69) is 12.2 Å². The maximum absolute atomic E-state index is 10.2. The molecule has 0 saturated carbocycles. The molecule has 0 saturated heterocycles. The first-order valence-electron chi connectivity index (χ1n) is 7.39. The number of aliphatic hydroxyl groups is 1. The Morgan fingerprint density at radius 1 is 1.11 bits per heavy atom. The second-order valence-electron chi connectivity index (χ2n) is 4.89. The first-order valence-corrected chi connectivity index (χ1v) is 7.39. The van der Waals surface area contributed by atoms with Crippen molar-refractivity contribution < 1.29 is 19.7 Å². The number of hydrogen-bond acceptors (Lipinski definition) is 3. The lowest BCUT2D eigenvalue weighted by atomic mass is 10.1. The topological polar surface area (TPSA) is 78.8 Å². The summed E-state index contributed by atoms with van der Waals surface area (Å²) >= 11 is 0. The van der Waals surface area contributed by atoms with Gasteiger partial charge in [0.05, 0.1) is 12.7 Å². The highest BCUT2D eigenvalue weighted by Crippen LogP contribution is 2.08. The van der Waals surface area contributed by atoms with Crippen molar-refractivity contribution in [3.8, 4) is 0 Å². The number of aliphatic hydroxyl groups excluding tert-OH is 1. The molecule has 1 unspecified atom stereocenters. The molecule has 0 spiro atoms. The average molecular weight is 275 g/mol. The van der Waals surface area contributed by atoms with Crippen LogP contribution < -0.4 is 5.32 Å². The second-order valence-corrected chi connectivity index (χ2v) is 4.89. The van der Waals surface area contributed by atoms with Crippen LogP contribution in [0.2, 0.25) is 0 Å². The first-order chi connectivity index (χ1) is 9.16. The molecular formula is C14H29NO4. The van der Waals surface area contributed by atoms with E-state index in [1.165, 1.54) is 38.5 Å². The zero-order valence-electron chi connectivity index (χ0n) is 12.1. The normalized spacial score (nSPS) is 12.3. The van der Waals surface area contributed by atoms with Crippen molar-refractivity contribution in [2.24, 2.45) is 0 Å². The van der Waals surface area contributed by atoms with Gasteiger partial charge in [-0.2, -0.15) is 0 Å². The first kappa shape index (κ1) is 18.2. The van der Waals surface area contributed by atoms with Crippen LogP contribution in [-0.4, -0.2) is 42.2 Å². The van der Waals surface area contributed by atoms with Crippen LogP contribution in [0.3, 0.4) is 0 Å². The quantitative estimate of drug-likeness (QED) is 0.452. The predicted molar refractivity (Wildman–Crippen MR) is 75.5 cm³/mol. The van der Waals surface area contributed by atoms with E-state index in [-0.39, 0.29) is 13.2 Å². The molecule has 0 radical (unpaired) electrons. The fourth-order valence-electron chi connectivity index (χ4n) is 1.82. The van der Waals surface area contributed by atoms with Crippen LogP contribution in [0.5, 0.6) is 0 Å². The highest BCUT2D eigenvalue weighted by molar-refractivity contribution is 5.64. The Morgan fingerprint density at radius 2 is 1.68 bits per heavy atom. The Kier molecular flexibility index (Phi) is 13.0. The molecule has 0 heterocycles. The van der Waals surface area contributed by atoms with Crippen LogP contribution in [0, 0.1) is 0 Å². The molecule has 0 aromatic heterocycles. The smallest absolute Gasteiger partial charge is 0.404 e. The van der Waals surface area contributed by atoms with Gasteiger partial charge in [-0.3, -0.25) is 0 Å². The van der Waals surface area contributed by atoms with Crippen molar-refractivity contribution in [1.82, 2.24) is 5.32 Å². The van der Waals surface area contributed by atoms with Crippen LogP contribution in [0.25, 0.3) is 0 Å². The summed E-state index contributed by atoms with van der Waals surface area (Å²) in [7, 11) is 0. The average Bonchev–Trinajstić information content (AvgIpc) is 2.38. The Hall–Kier alpha value is -0.810. The molecule has 3 N–H and O–H groups in total. The minimum atomic E-state index is -1.12. The number of hydrogen-bond donors (Lipinski definition) is 3. The summed E-state index contributed by atoms with van der Waals surface area (Å²) in [5, 5.41) is 19.8. The van der Waals surface area contributed by atoms with Crippen molar-refractivity contribution in [2.75, 3.05) is 19.8 Å². The monoisotopic (exact) mass is 275 g/mol. The molecule has 1 atom stereocenters. The van der Waals surface area contributed by atoms with E-state index in [0.29, 0.717) is 6.61 Å². The van der Waals surface area contributed by atoms with Gasteiger partial charge in [-0.1, -0.05) is 51.9 Å². The van der Waals surface area contributed by atoms with E-state index in [1.54, 1.807) is 0 Å². The largest absolute Gasteiger partial charge is 0.465 e. The van der Waals surface area contributed by atoms with E-state index in [4.69, 9.17) is 9.84 Å². The van der Waals surface area contributed by atoms with Crippen LogP contribution in [0.4, 0.5) is 4.79 Å². The number of ether oxygens (including phenoxy) is 1. The number of amides is 1. The minimum Gasteiger partial charge on any atom is -0.465 e. The van der Waals surface area contributed by atoms with E-state index in [1.807, 2.05) is 0 Å². The molecule has 0 fully saturated rings. The zero-order chi connectivity index (χ0) is 14.3. The molecule has 0 bridgehead atoms. The van der Waals surface area contributed by atoms with E-state index < -0.39 is 12.2 Å². The van der Waals surface area contributed by atoms with Crippen LogP contribution in [0.1, 0.15) is 58.3 Å². The summed E-state index contributed by atoms with van der Waals surface area (Å²) in [5.74, 6) is 0. The number of rotatable bonds is 13. The standard InChI is InChI=1S/C14H29NO4/c1-2-3-4-5-6-7-8-9-10-19-12-13(16)11-15-14(17)18/h13,15-16H,2-12H2,1H3,(H,17,18). The predicted octanol–water partition coefficient (Wildman–Crippen LogP) is 2.77. The van der Waals surface area contributed by atoms with Gasteiger partial charge in [-0.15, -0.1) is 0 Å². The fraction of sp³-hybridized carbons (Fsp3) is 0.929. The molecule has 0 aromatic carbocycles. The third-order valence-corrected chi connectivity index (χ3v) is 2.94. The Balaban J connectivity index is 3.11. The number of carbonyl (C=O) groups is 1. The third-order valence-electron chi connectivity index (χ3n) is 2.94. The fourth-order valence-corrected chi connectivity index (χ4v) is 1.82. The summed E-state index contributed by atoms with van der Waals surface area (Å²) in [5.41, 5.74) is 0. The molecular weight excluding hydrogens is 246 g/mol. The van der Waals surface area contributed by atoms with Crippen molar-refractivity contribution in [3.05, 3.63) is 0 Å². The number of carboxylic acid groups (broad SMARTS) is 1. The molecule has 114 valence electrons.